The Kier molecular flexibility index (Phi) is 4.91. The number of nitrogens with one attached hydrogen (secondary N) is 1. The van der Waals surface area contributed by atoms with Crippen LogP contribution in [-0.2, 0) is 14.8 Å². The van der Waals surface area contributed by atoms with Crippen LogP contribution in [0.2, 0.25) is 0 Å². The molecule has 17 heavy (non-hydrogen) atoms. The molecule has 0 saturated carbocycles. The van der Waals surface area contributed by atoms with Crippen molar-refractivity contribution in [1.29, 1.82) is 0 Å². The third-order valence-electron chi connectivity index (χ3n) is 3.06. The molecule has 1 rings (SSSR count). The van der Waals surface area contributed by atoms with Gasteiger partial charge in [-0.2, -0.15) is 0 Å². The molecule has 1 aliphatic heterocycles. The standard InChI is InChI=1S/C10H20N2O4S/c1-8(10(13)14)7-11-9-3-5-12(6-4-9)17(2,15)16/h8-9,11H,3-7H2,1-2H3,(H,13,14). The van der Waals surface area contributed by atoms with Crippen molar-refractivity contribution in [2.45, 2.75) is 25.8 Å². The van der Waals surface area contributed by atoms with Gasteiger partial charge in [0.05, 0.1) is 12.2 Å². The van der Waals surface area contributed by atoms with E-state index in [1.807, 2.05) is 0 Å². The van der Waals surface area contributed by atoms with Gasteiger partial charge in [-0.25, -0.2) is 12.7 Å². The fourth-order valence-corrected chi connectivity index (χ4v) is 2.70. The molecule has 0 bridgehead atoms. The van der Waals surface area contributed by atoms with E-state index in [2.05, 4.69) is 5.32 Å². The largest absolute Gasteiger partial charge is 0.481 e. The predicted octanol–water partition coefficient (Wildman–Crippen LogP) is -0.279. The summed E-state index contributed by atoms with van der Waals surface area (Å²) in [5, 5.41) is 11.9. The molecule has 1 saturated heterocycles. The van der Waals surface area contributed by atoms with Crippen molar-refractivity contribution in [2.75, 3.05) is 25.9 Å². The Morgan fingerprint density at radius 3 is 2.41 bits per heavy atom. The van der Waals surface area contributed by atoms with Crippen LogP contribution < -0.4 is 5.32 Å². The van der Waals surface area contributed by atoms with Crippen LogP contribution in [0.25, 0.3) is 0 Å². The summed E-state index contributed by atoms with van der Waals surface area (Å²) in [6, 6.07) is 0.217. The van der Waals surface area contributed by atoms with Crippen molar-refractivity contribution in [1.82, 2.24) is 9.62 Å². The monoisotopic (exact) mass is 264 g/mol. The molecule has 1 atom stereocenters. The summed E-state index contributed by atoms with van der Waals surface area (Å²) in [5.41, 5.74) is 0. The quantitative estimate of drug-likeness (QED) is 0.713. The second kappa shape index (κ2) is 5.79. The van der Waals surface area contributed by atoms with E-state index in [0.717, 1.165) is 12.8 Å². The Hall–Kier alpha value is -0.660. The molecular weight excluding hydrogens is 244 g/mol. The zero-order valence-corrected chi connectivity index (χ0v) is 11.0. The van der Waals surface area contributed by atoms with Crippen molar-refractivity contribution in [3.63, 3.8) is 0 Å². The number of carbonyl (C=O) groups is 1. The predicted molar refractivity (Wildman–Crippen MR) is 64.2 cm³/mol. The van der Waals surface area contributed by atoms with Gasteiger partial charge < -0.3 is 10.4 Å². The number of hydrogen-bond donors (Lipinski definition) is 2. The van der Waals surface area contributed by atoms with Crippen LogP contribution in [0.15, 0.2) is 0 Å². The van der Waals surface area contributed by atoms with Crippen LogP contribution in [0, 0.1) is 5.92 Å². The van der Waals surface area contributed by atoms with Crippen LogP contribution in [-0.4, -0.2) is 55.7 Å². The first-order chi connectivity index (χ1) is 7.80. The first kappa shape index (κ1) is 14.4. The smallest absolute Gasteiger partial charge is 0.307 e. The molecule has 7 heteroatoms. The zero-order valence-electron chi connectivity index (χ0n) is 10.2. The summed E-state index contributed by atoms with van der Waals surface area (Å²) in [6.45, 7) is 3.11. The number of hydrogen-bond acceptors (Lipinski definition) is 4. The topological polar surface area (TPSA) is 86.7 Å². The minimum absolute atomic E-state index is 0.217. The minimum Gasteiger partial charge on any atom is -0.481 e. The van der Waals surface area contributed by atoms with E-state index in [0.29, 0.717) is 19.6 Å². The molecule has 0 amide bonds. The van der Waals surface area contributed by atoms with Gasteiger partial charge in [0.25, 0.3) is 0 Å². The second-order valence-corrected chi connectivity index (χ2v) is 6.57. The summed E-state index contributed by atoms with van der Waals surface area (Å²) in [5.74, 6) is -1.23. The van der Waals surface area contributed by atoms with Crippen molar-refractivity contribution < 1.29 is 18.3 Å². The van der Waals surface area contributed by atoms with E-state index in [-0.39, 0.29) is 6.04 Å². The fourth-order valence-electron chi connectivity index (χ4n) is 1.82. The maximum Gasteiger partial charge on any atom is 0.307 e. The Labute approximate surface area is 102 Å². The lowest BCUT2D eigenvalue weighted by Gasteiger charge is -2.31. The number of carboxylic acid groups (broad SMARTS) is 1. The van der Waals surface area contributed by atoms with Crippen LogP contribution in [0.5, 0.6) is 0 Å². The van der Waals surface area contributed by atoms with Crippen LogP contribution >= 0.6 is 0 Å². The number of piperidine rings is 1. The van der Waals surface area contributed by atoms with E-state index in [1.54, 1.807) is 6.92 Å². The lowest BCUT2D eigenvalue weighted by Crippen LogP contribution is -2.45. The SMILES string of the molecule is CC(CNC1CCN(S(C)(=O)=O)CC1)C(=O)O. The molecule has 1 fully saturated rings. The summed E-state index contributed by atoms with van der Waals surface area (Å²) < 4.78 is 24.0. The zero-order chi connectivity index (χ0) is 13.1. The highest BCUT2D eigenvalue weighted by Crippen LogP contribution is 2.13. The van der Waals surface area contributed by atoms with Gasteiger partial charge in [-0.1, -0.05) is 6.92 Å². The van der Waals surface area contributed by atoms with E-state index < -0.39 is 21.9 Å². The Morgan fingerprint density at radius 2 is 2.00 bits per heavy atom. The maximum absolute atomic E-state index is 11.3. The summed E-state index contributed by atoms with van der Waals surface area (Å²) >= 11 is 0. The number of aliphatic carboxylic acids is 1. The van der Waals surface area contributed by atoms with Crippen LogP contribution in [0.3, 0.4) is 0 Å². The van der Waals surface area contributed by atoms with E-state index in [9.17, 15) is 13.2 Å². The molecule has 1 unspecified atom stereocenters. The third-order valence-corrected chi connectivity index (χ3v) is 4.36. The molecule has 0 aromatic carbocycles. The molecule has 2 N–H and O–H groups in total. The van der Waals surface area contributed by atoms with E-state index >= 15 is 0 Å². The molecule has 0 aromatic heterocycles. The van der Waals surface area contributed by atoms with Crippen molar-refractivity contribution in [2.24, 2.45) is 5.92 Å². The van der Waals surface area contributed by atoms with Gasteiger partial charge >= 0.3 is 5.97 Å². The summed E-state index contributed by atoms with van der Waals surface area (Å²) in [7, 11) is -3.08. The number of carboxylic acids is 1. The van der Waals surface area contributed by atoms with Crippen LogP contribution in [0.4, 0.5) is 0 Å². The molecule has 0 radical (unpaired) electrons. The fraction of sp³-hybridized carbons (Fsp3) is 0.900. The van der Waals surface area contributed by atoms with Gasteiger partial charge in [-0.05, 0) is 12.8 Å². The third kappa shape index (κ3) is 4.61. The first-order valence-electron chi connectivity index (χ1n) is 5.72. The van der Waals surface area contributed by atoms with Gasteiger partial charge in [0.2, 0.25) is 10.0 Å². The maximum atomic E-state index is 11.3. The van der Waals surface area contributed by atoms with Crippen molar-refractivity contribution in [3.8, 4) is 0 Å². The summed E-state index contributed by atoms with van der Waals surface area (Å²) in [4.78, 5) is 10.6. The molecule has 0 aromatic rings. The number of rotatable bonds is 5. The van der Waals surface area contributed by atoms with E-state index in [1.165, 1.54) is 10.6 Å². The lowest BCUT2D eigenvalue weighted by atomic mass is 10.1. The highest BCUT2D eigenvalue weighted by Gasteiger charge is 2.25. The molecule has 1 heterocycles. The minimum atomic E-state index is -3.08. The highest BCUT2D eigenvalue weighted by atomic mass is 32.2. The van der Waals surface area contributed by atoms with Gasteiger partial charge in [-0.3, -0.25) is 4.79 Å². The molecule has 6 nitrogen and oxygen atoms in total. The summed E-state index contributed by atoms with van der Waals surface area (Å²) in [6.07, 6.45) is 2.69. The van der Waals surface area contributed by atoms with Gasteiger partial charge in [0.1, 0.15) is 0 Å². The highest BCUT2D eigenvalue weighted by molar-refractivity contribution is 7.88. The lowest BCUT2D eigenvalue weighted by molar-refractivity contribution is -0.141. The van der Waals surface area contributed by atoms with Crippen molar-refractivity contribution >= 4 is 16.0 Å². The molecule has 100 valence electrons. The second-order valence-electron chi connectivity index (χ2n) is 4.58. The molecular formula is C10H20N2O4S. The van der Waals surface area contributed by atoms with Gasteiger partial charge in [0, 0.05) is 25.7 Å². The molecule has 0 spiro atoms. The molecule has 0 aliphatic carbocycles. The Bertz CT molecular complexity index is 361. The average molecular weight is 264 g/mol. The van der Waals surface area contributed by atoms with Gasteiger partial charge in [-0.15, -0.1) is 0 Å². The molecule has 1 aliphatic rings. The van der Waals surface area contributed by atoms with Crippen molar-refractivity contribution in [3.05, 3.63) is 0 Å². The average Bonchev–Trinajstić information content (AvgIpc) is 2.25. The Balaban J connectivity index is 2.31. The normalized spacial score (nSPS) is 21.3. The van der Waals surface area contributed by atoms with Crippen LogP contribution in [0.1, 0.15) is 19.8 Å². The number of nitrogens with zero attached hydrogens (tertiary/aromatic N) is 1. The first-order valence-corrected chi connectivity index (χ1v) is 7.57. The Morgan fingerprint density at radius 1 is 1.47 bits per heavy atom. The van der Waals surface area contributed by atoms with Gasteiger partial charge in [0.15, 0.2) is 0 Å². The van der Waals surface area contributed by atoms with E-state index in [4.69, 9.17) is 5.11 Å². The number of sulfonamides is 1.